The molecule has 1 amide bonds. The highest BCUT2D eigenvalue weighted by Gasteiger charge is 2.24. The monoisotopic (exact) mass is 465 g/mol. The first-order valence-electron chi connectivity index (χ1n) is 12.0. The van der Waals surface area contributed by atoms with E-state index in [1.807, 2.05) is 6.07 Å². The molecule has 4 rings (SSSR count). The van der Waals surface area contributed by atoms with Gasteiger partial charge in [-0.25, -0.2) is 4.39 Å². The molecule has 8 heteroatoms. The first kappa shape index (κ1) is 23.9. The summed E-state index contributed by atoms with van der Waals surface area (Å²) in [4.78, 5) is 14.8. The third-order valence-electron chi connectivity index (χ3n) is 6.50. The van der Waals surface area contributed by atoms with Crippen molar-refractivity contribution in [1.29, 1.82) is 0 Å². The van der Waals surface area contributed by atoms with Gasteiger partial charge in [0.05, 0.1) is 5.56 Å². The van der Waals surface area contributed by atoms with Crippen molar-refractivity contribution in [1.82, 2.24) is 15.1 Å². The van der Waals surface area contributed by atoms with Gasteiger partial charge in [-0.1, -0.05) is 37.1 Å². The van der Waals surface area contributed by atoms with Crippen molar-refractivity contribution in [2.45, 2.75) is 45.6 Å². The molecule has 1 aliphatic carbocycles. The normalized spacial score (nSPS) is 18.1. The van der Waals surface area contributed by atoms with E-state index in [2.05, 4.69) is 39.6 Å². The topological polar surface area (TPSA) is 83.3 Å². The molecule has 0 spiro atoms. The molecule has 0 saturated heterocycles. The van der Waals surface area contributed by atoms with Crippen molar-refractivity contribution in [3.63, 3.8) is 0 Å². The van der Waals surface area contributed by atoms with E-state index in [0.29, 0.717) is 17.3 Å². The van der Waals surface area contributed by atoms with Crippen LogP contribution in [0.25, 0.3) is 11.5 Å². The summed E-state index contributed by atoms with van der Waals surface area (Å²) in [5.41, 5.74) is 1.05. The summed E-state index contributed by atoms with van der Waals surface area (Å²) in [7, 11) is 0. The predicted octanol–water partition coefficient (Wildman–Crippen LogP) is 5.44. The van der Waals surface area contributed by atoms with Crippen LogP contribution in [0, 0.1) is 11.7 Å². The molecule has 7 nitrogen and oxygen atoms in total. The maximum absolute atomic E-state index is 14.8. The van der Waals surface area contributed by atoms with E-state index in [1.54, 1.807) is 30.3 Å². The molecule has 1 heterocycles. The second kappa shape index (κ2) is 11.2. The molecule has 3 aromatic rings. The Hall–Kier alpha value is -3.26. The van der Waals surface area contributed by atoms with Gasteiger partial charge in [-0.2, -0.15) is 0 Å². The smallest absolute Gasteiger partial charge is 0.315 e. The minimum atomic E-state index is -0.544. The number of benzene rings is 2. The molecule has 34 heavy (non-hydrogen) atoms. The molecule has 1 saturated carbocycles. The van der Waals surface area contributed by atoms with Crippen LogP contribution in [0.5, 0.6) is 0 Å². The molecule has 0 unspecified atom stereocenters. The van der Waals surface area contributed by atoms with Crippen LogP contribution in [-0.2, 0) is 0 Å². The van der Waals surface area contributed by atoms with Gasteiger partial charge in [0.15, 0.2) is 0 Å². The van der Waals surface area contributed by atoms with Gasteiger partial charge in [-0.3, -0.25) is 4.79 Å². The molecule has 1 fully saturated rings. The molecule has 2 N–H and O–H groups in total. The summed E-state index contributed by atoms with van der Waals surface area (Å²) < 4.78 is 20.5. The third kappa shape index (κ3) is 5.99. The largest absolute Gasteiger partial charge is 0.403 e. The number of nitrogens with zero attached hydrogens (tertiary/aromatic N) is 3. The Labute approximate surface area is 199 Å². The van der Waals surface area contributed by atoms with Crippen LogP contribution < -0.4 is 10.6 Å². The minimum absolute atomic E-state index is 0.108. The van der Waals surface area contributed by atoms with Crippen LogP contribution in [0.15, 0.2) is 52.9 Å². The minimum Gasteiger partial charge on any atom is -0.403 e. The number of amides is 1. The number of rotatable bonds is 9. The summed E-state index contributed by atoms with van der Waals surface area (Å²) in [5.74, 6) is -0.0100. The fraction of sp³-hybridized carbons (Fsp3) is 0.423. The first-order valence-corrected chi connectivity index (χ1v) is 12.0. The number of anilines is 2. The molecule has 0 bridgehead atoms. The van der Waals surface area contributed by atoms with Gasteiger partial charge in [0.1, 0.15) is 5.82 Å². The number of halogens is 1. The van der Waals surface area contributed by atoms with E-state index in [-0.39, 0.29) is 23.4 Å². The quantitative estimate of drug-likeness (QED) is 0.438. The van der Waals surface area contributed by atoms with E-state index in [9.17, 15) is 9.18 Å². The zero-order valence-corrected chi connectivity index (χ0v) is 19.8. The number of hydrogen-bond acceptors (Lipinski definition) is 6. The van der Waals surface area contributed by atoms with Crippen molar-refractivity contribution in [3.05, 3.63) is 59.9 Å². The summed E-state index contributed by atoms with van der Waals surface area (Å²) in [6, 6.07) is 13.8. The van der Waals surface area contributed by atoms with Crippen LogP contribution in [0.3, 0.4) is 0 Å². The van der Waals surface area contributed by atoms with Gasteiger partial charge in [-0.05, 0) is 75.0 Å². The van der Waals surface area contributed by atoms with E-state index in [0.717, 1.165) is 38.4 Å². The SMILES string of the molecule is CCN(CC)CC1CCC(Nc2nnc(-c3ccc(NC(=O)c4ccccc4)cc3F)o2)CC1. The molecule has 1 aliphatic rings. The first-order chi connectivity index (χ1) is 16.6. The number of hydrogen-bond donors (Lipinski definition) is 2. The maximum atomic E-state index is 14.8. The highest BCUT2D eigenvalue weighted by Crippen LogP contribution is 2.29. The molecule has 2 aromatic carbocycles. The van der Waals surface area contributed by atoms with Gasteiger partial charge >= 0.3 is 6.01 Å². The highest BCUT2D eigenvalue weighted by molar-refractivity contribution is 6.04. The van der Waals surface area contributed by atoms with Crippen molar-refractivity contribution >= 4 is 17.6 Å². The highest BCUT2D eigenvalue weighted by atomic mass is 19.1. The number of nitrogens with one attached hydrogen (secondary N) is 2. The third-order valence-corrected chi connectivity index (χ3v) is 6.50. The lowest BCUT2D eigenvalue weighted by atomic mass is 9.85. The van der Waals surface area contributed by atoms with Crippen molar-refractivity contribution in [2.24, 2.45) is 5.92 Å². The standard InChI is InChI=1S/C26H32FN5O2/c1-3-32(4-2)17-18-10-12-20(13-11-18)29-26-31-30-25(34-26)22-15-14-21(16-23(22)27)28-24(33)19-8-6-5-7-9-19/h5-9,14-16,18,20H,3-4,10-13,17H2,1-2H3,(H,28,33)(H,29,31). The number of carbonyl (C=O) groups is 1. The lowest BCUT2D eigenvalue weighted by molar-refractivity contribution is 0.102. The van der Waals surface area contributed by atoms with Gasteiger partial charge in [-0.15, -0.1) is 5.10 Å². The molecule has 0 radical (unpaired) electrons. The Kier molecular flexibility index (Phi) is 7.90. The van der Waals surface area contributed by atoms with E-state index in [1.165, 1.54) is 25.0 Å². The Morgan fingerprint density at radius 2 is 1.79 bits per heavy atom. The van der Waals surface area contributed by atoms with Gasteiger partial charge < -0.3 is 20.0 Å². The molecule has 0 atom stereocenters. The summed E-state index contributed by atoms with van der Waals surface area (Å²) in [6.07, 6.45) is 4.43. The molecular weight excluding hydrogens is 433 g/mol. The summed E-state index contributed by atoms with van der Waals surface area (Å²) in [6.45, 7) is 7.76. The second-order valence-corrected chi connectivity index (χ2v) is 8.77. The van der Waals surface area contributed by atoms with Crippen LogP contribution in [0.4, 0.5) is 16.1 Å². The lowest BCUT2D eigenvalue weighted by Gasteiger charge is -2.31. The van der Waals surface area contributed by atoms with Crippen LogP contribution >= 0.6 is 0 Å². The Balaban J connectivity index is 1.33. The fourth-order valence-electron chi connectivity index (χ4n) is 4.46. The average Bonchev–Trinajstić information content (AvgIpc) is 3.32. The molecule has 180 valence electrons. The summed E-state index contributed by atoms with van der Waals surface area (Å²) in [5, 5.41) is 14.1. The van der Waals surface area contributed by atoms with E-state index in [4.69, 9.17) is 4.42 Å². The van der Waals surface area contributed by atoms with Crippen LogP contribution in [0.2, 0.25) is 0 Å². The number of carbonyl (C=O) groups excluding carboxylic acids is 1. The van der Waals surface area contributed by atoms with Crippen LogP contribution in [-0.4, -0.2) is 46.7 Å². The Bertz CT molecular complexity index is 1080. The molecular formula is C26H32FN5O2. The maximum Gasteiger partial charge on any atom is 0.315 e. The Morgan fingerprint density at radius 3 is 2.47 bits per heavy atom. The van der Waals surface area contributed by atoms with Gasteiger partial charge in [0.25, 0.3) is 11.8 Å². The average molecular weight is 466 g/mol. The number of aromatic nitrogens is 2. The second-order valence-electron chi connectivity index (χ2n) is 8.77. The molecule has 1 aromatic heterocycles. The predicted molar refractivity (Wildman–Crippen MR) is 131 cm³/mol. The van der Waals surface area contributed by atoms with Gasteiger partial charge in [0, 0.05) is 23.8 Å². The Morgan fingerprint density at radius 1 is 1.06 bits per heavy atom. The summed E-state index contributed by atoms with van der Waals surface area (Å²) >= 11 is 0. The zero-order valence-electron chi connectivity index (χ0n) is 19.8. The van der Waals surface area contributed by atoms with E-state index >= 15 is 0 Å². The van der Waals surface area contributed by atoms with Crippen LogP contribution in [0.1, 0.15) is 49.9 Å². The van der Waals surface area contributed by atoms with Crippen molar-refractivity contribution in [2.75, 3.05) is 30.3 Å². The van der Waals surface area contributed by atoms with Crippen molar-refractivity contribution in [3.8, 4) is 11.5 Å². The molecule has 0 aliphatic heterocycles. The van der Waals surface area contributed by atoms with E-state index < -0.39 is 5.82 Å². The fourth-order valence-corrected chi connectivity index (χ4v) is 4.46. The van der Waals surface area contributed by atoms with Crippen molar-refractivity contribution < 1.29 is 13.6 Å². The zero-order chi connectivity index (χ0) is 23.9. The lowest BCUT2D eigenvalue weighted by Crippen LogP contribution is -2.34. The van der Waals surface area contributed by atoms with Gasteiger partial charge in [0.2, 0.25) is 0 Å².